The van der Waals surface area contributed by atoms with Gasteiger partial charge in [-0.25, -0.2) is 9.97 Å². The van der Waals surface area contributed by atoms with Crippen LogP contribution >= 0.6 is 11.6 Å². The maximum atomic E-state index is 12.2. The molecule has 1 fully saturated rings. The zero-order chi connectivity index (χ0) is 20.6. The molecule has 29 heavy (non-hydrogen) atoms. The van der Waals surface area contributed by atoms with Crippen molar-refractivity contribution in [1.29, 1.82) is 0 Å². The highest BCUT2D eigenvalue weighted by Gasteiger charge is 2.25. The Balaban J connectivity index is 1.39. The fraction of sp³-hybridized carbons (Fsp3) is 0.429. The van der Waals surface area contributed by atoms with Crippen molar-refractivity contribution >= 4 is 23.3 Å². The Morgan fingerprint density at radius 1 is 1.03 bits per heavy atom. The van der Waals surface area contributed by atoms with Gasteiger partial charge in [0.05, 0.1) is 7.11 Å². The Bertz CT molecular complexity index is 836. The van der Waals surface area contributed by atoms with Gasteiger partial charge >= 0.3 is 0 Å². The lowest BCUT2D eigenvalue weighted by Crippen LogP contribution is -2.39. The van der Waals surface area contributed by atoms with Crippen molar-refractivity contribution in [2.24, 2.45) is 0 Å². The monoisotopic (exact) mass is 417 g/mol. The van der Waals surface area contributed by atoms with E-state index in [2.05, 4.69) is 15.3 Å². The van der Waals surface area contributed by atoms with E-state index in [1.165, 1.54) is 7.11 Å². The molecule has 0 unspecified atom stereocenters. The molecule has 1 N–H and O–H groups in total. The van der Waals surface area contributed by atoms with Gasteiger partial charge < -0.3 is 14.8 Å². The number of carbonyl (C=O) groups is 2. The number of hydrogen-bond acceptors (Lipinski definition) is 6. The van der Waals surface area contributed by atoms with E-state index in [1.807, 2.05) is 0 Å². The minimum Gasteiger partial charge on any atom is -0.477 e. The standard InChI is InChI=1S/C21H24ClN3O4/c1-28-20-21(24-13-12-23-20)29-17-8-6-16(7-9-17)25-19(27)11-10-18(26)14-2-4-15(22)5-3-14/h2-5,12-13,16-17H,6-11H2,1H3,(H,25,27). The average Bonchev–Trinajstić information content (AvgIpc) is 2.74. The molecule has 1 heterocycles. The third-order valence-electron chi connectivity index (χ3n) is 4.89. The first-order valence-electron chi connectivity index (χ1n) is 9.65. The molecule has 0 spiro atoms. The van der Waals surface area contributed by atoms with Crippen LogP contribution in [0.3, 0.4) is 0 Å². The van der Waals surface area contributed by atoms with Crippen molar-refractivity contribution in [1.82, 2.24) is 15.3 Å². The van der Waals surface area contributed by atoms with Crippen LogP contribution in [0, 0.1) is 0 Å². The van der Waals surface area contributed by atoms with E-state index in [1.54, 1.807) is 36.7 Å². The summed E-state index contributed by atoms with van der Waals surface area (Å²) in [7, 11) is 1.53. The number of halogens is 1. The van der Waals surface area contributed by atoms with Gasteiger partial charge in [-0.15, -0.1) is 0 Å². The molecule has 0 bridgehead atoms. The van der Waals surface area contributed by atoms with Crippen LogP contribution in [0.4, 0.5) is 0 Å². The van der Waals surface area contributed by atoms with Crippen molar-refractivity contribution in [3.63, 3.8) is 0 Å². The Kier molecular flexibility index (Phi) is 7.41. The smallest absolute Gasteiger partial charge is 0.278 e. The lowest BCUT2D eigenvalue weighted by molar-refractivity contribution is -0.122. The van der Waals surface area contributed by atoms with Crippen molar-refractivity contribution in [2.45, 2.75) is 50.7 Å². The first kappa shape index (κ1) is 21.0. The second kappa shape index (κ2) is 10.2. The second-order valence-electron chi connectivity index (χ2n) is 6.96. The molecule has 1 amide bonds. The van der Waals surface area contributed by atoms with Gasteiger partial charge in [-0.3, -0.25) is 9.59 Å². The summed E-state index contributed by atoms with van der Waals surface area (Å²) in [5.41, 5.74) is 0.569. The highest BCUT2D eigenvalue weighted by atomic mass is 35.5. The third kappa shape index (κ3) is 6.15. The Hall–Kier alpha value is -2.67. The molecule has 7 nitrogen and oxygen atoms in total. The number of nitrogens with one attached hydrogen (secondary N) is 1. The predicted octanol–water partition coefficient (Wildman–Crippen LogP) is 3.61. The second-order valence-corrected chi connectivity index (χ2v) is 7.40. The number of benzene rings is 1. The van der Waals surface area contributed by atoms with Gasteiger partial charge in [-0.05, 0) is 49.9 Å². The number of ketones is 1. The summed E-state index contributed by atoms with van der Waals surface area (Å²) in [6.45, 7) is 0. The Morgan fingerprint density at radius 3 is 2.34 bits per heavy atom. The van der Waals surface area contributed by atoms with Crippen LogP contribution in [-0.4, -0.2) is 40.9 Å². The summed E-state index contributed by atoms with van der Waals surface area (Å²) in [5, 5.41) is 3.60. The Labute approximate surface area is 174 Å². The Morgan fingerprint density at radius 2 is 1.69 bits per heavy atom. The molecule has 3 rings (SSSR count). The van der Waals surface area contributed by atoms with Crippen molar-refractivity contribution in [3.05, 3.63) is 47.2 Å². The highest BCUT2D eigenvalue weighted by Crippen LogP contribution is 2.27. The number of aromatic nitrogens is 2. The number of ether oxygens (including phenoxy) is 2. The molecule has 8 heteroatoms. The molecule has 0 atom stereocenters. The first-order chi connectivity index (χ1) is 14.0. The average molecular weight is 418 g/mol. The summed E-state index contributed by atoms with van der Waals surface area (Å²) in [4.78, 5) is 32.6. The molecular formula is C21H24ClN3O4. The van der Waals surface area contributed by atoms with E-state index >= 15 is 0 Å². The summed E-state index contributed by atoms with van der Waals surface area (Å²) in [6, 6.07) is 6.79. The SMILES string of the molecule is COc1nccnc1OC1CCC(NC(=O)CCC(=O)c2ccc(Cl)cc2)CC1. The summed E-state index contributed by atoms with van der Waals surface area (Å²) in [6.07, 6.45) is 6.70. The van der Waals surface area contributed by atoms with Crippen LogP contribution < -0.4 is 14.8 Å². The predicted molar refractivity (Wildman–Crippen MR) is 108 cm³/mol. The van der Waals surface area contributed by atoms with E-state index in [0.29, 0.717) is 22.3 Å². The molecule has 1 aromatic carbocycles. The number of nitrogens with zero attached hydrogens (tertiary/aromatic N) is 2. The van der Waals surface area contributed by atoms with Crippen LogP contribution in [0.25, 0.3) is 0 Å². The van der Waals surface area contributed by atoms with E-state index in [0.717, 1.165) is 25.7 Å². The minimum absolute atomic E-state index is 0.0141. The molecular weight excluding hydrogens is 394 g/mol. The number of methoxy groups -OCH3 is 1. The summed E-state index contributed by atoms with van der Waals surface area (Å²) < 4.78 is 11.1. The third-order valence-corrected chi connectivity index (χ3v) is 5.14. The molecule has 0 saturated heterocycles. The van der Waals surface area contributed by atoms with Gasteiger partial charge in [0.2, 0.25) is 5.91 Å². The van der Waals surface area contributed by atoms with Gasteiger partial charge in [0.1, 0.15) is 6.10 Å². The maximum Gasteiger partial charge on any atom is 0.278 e. The van der Waals surface area contributed by atoms with E-state index in [9.17, 15) is 9.59 Å². The molecule has 154 valence electrons. The van der Waals surface area contributed by atoms with Crippen molar-refractivity contribution in [3.8, 4) is 11.8 Å². The number of hydrogen-bond donors (Lipinski definition) is 1. The molecule has 0 radical (unpaired) electrons. The van der Waals surface area contributed by atoms with Gasteiger partial charge in [0, 0.05) is 41.9 Å². The summed E-state index contributed by atoms with van der Waals surface area (Å²) >= 11 is 5.83. The molecule has 1 aliphatic rings. The number of amides is 1. The van der Waals surface area contributed by atoms with Gasteiger partial charge in [0.15, 0.2) is 5.78 Å². The fourth-order valence-corrected chi connectivity index (χ4v) is 3.45. The molecule has 1 aliphatic carbocycles. The molecule has 1 saturated carbocycles. The van der Waals surface area contributed by atoms with Crippen LogP contribution in [-0.2, 0) is 4.79 Å². The molecule has 2 aromatic rings. The zero-order valence-corrected chi connectivity index (χ0v) is 17.0. The quantitative estimate of drug-likeness (QED) is 0.660. The fourth-order valence-electron chi connectivity index (χ4n) is 3.32. The van der Waals surface area contributed by atoms with Crippen molar-refractivity contribution in [2.75, 3.05) is 7.11 Å². The number of rotatable bonds is 8. The van der Waals surface area contributed by atoms with Crippen molar-refractivity contribution < 1.29 is 19.1 Å². The number of carbonyl (C=O) groups excluding carboxylic acids is 2. The zero-order valence-electron chi connectivity index (χ0n) is 16.3. The lowest BCUT2D eigenvalue weighted by atomic mass is 9.92. The maximum absolute atomic E-state index is 12.2. The molecule has 1 aromatic heterocycles. The van der Waals surface area contributed by atoms with Crippen LogP contribution in [0.5, 0.6) is 11.8 Å². The minimum atomic E-state index is -0.104. The first-order valence-corrected chi connectivity index (χ1v) is 10.0. The van der Waals surface area contributed by atoms with Gasteiger partial charge in [-0.1, -0.05) is 11.6 Å². The topological polar surface area (TPSA) is 90.4 Å². The summed E-state index contributed by atoms with van der Waals surface area (Å²) in [5.74, 6) is 0.593. The van der Waals surface area contributed by atoms with Crippen LogP contribution in [0.1, 0.15) is 48.9 Å². The molecule has 0 aliphatic heterocycles. The van der Waals surface area contributed by atoms with Gasteiger partial charge in [0.25, 0.3) is 11.8 Å². The largest absolute Gasteiger partial charge is 0.477 e. The van der Waals surface area contributed by atoms with E-state index in [4.69, 9.17) is 21.1 Å². The van der Waals surface area contributed by atoms with E-state index in [-0.39, 0.29) is 36.7 Å². The highest BCUT2D eigenvalue weighted by molar-refractivity contribution is 6.30. The normalized spacial score (nSPS) is 18.7. The van der Waals surface area contributed by atoms with Crippen LogP contribution in [0.15, 0.2) is 36.7 Å². The van der Waals surface area contributed by atoms with E-state index < -0.39 is 0 Å². The van der Waals surface area contributed by atoms with Crippen LogP contribution in [0.2, 0.25) is 5.02 Å². The van der Waals surface area contributed by atoms with Gasteiger partial charge in [-0.2, -0.15) is 0 Å². The number of Topliss-reactive ketones (excluding diaryl/α,β-unsaturated/α-hetero) is 1. The lowest BCUT2D eigenvalue weighted by Gasteiger charge is -2.29.